The number of hydrogen-bond acceptors (Lipinski definition) is 5. The maximum atomic E-state index is 13.3. The van der Waals surface area contributed by atoms with Gasteiger partial charge in [0.25, 0.3) is 0 Å². The van der Waals surface area contributed by atoms with E-state index in [-0.39, 0.29) is 17.1 Å². The van der Waals surface area contributed by atoms with E-state index in [1.54, 1.807) is 24.3 Å². The standard InChI is InChI=1S/C19H17FN2O4S/c1-26-12-22-19(14-3-7-15(20)8-4-14)18(17(23)11-21-22)13-5-9-16(10-6-13)27(2,24)25/h3-11H,12H2,1-2H3. The zero-order valence-corrected chi connectivity index (χ0v) is 15.5. The lowest BCUT2D eigenvalue weighted by Gasteiger charge is -2.16. The number of halogens is 1. The maximum absolute atomic E-state index is 13.3. The number of nitrogens with zero attached hydrogens (tertiary/aromatic N) is 2. The number of hydrogen-bond donors (Lipinski definition) is 0. The van der Waals surface area contributed by atoms with Crippen molar-refractivity contribution in [1.82, 2.24) is 9.78 Å². The number of sulfone groups is 1. The Hall–Kier alpha value is -2.84. The van der Waals surface area contributed by atoms with Crippen LogP contribution >= 0.6 is 0 Å². The molecule has 0 N–H and O–H groups in total. The van der Waals surface area contributed by atoms with Gasteiger partial charge in [0.15, 0.2) is 9.84 Å². The van der Waals surface area contributed by atoms with Crippen LogP contribution in [0.15, 0.2) is 64.4 Å². The fourth-order valence-electron chi connectivity index (χ4n) is 2.76. The summed E-state index contributed by atoms with van der Waals surface area (Å²) in [6, 6.07) is 11.7. The molecule has 0 amide bonds. The van der Waals surface area contributed by atoms with Gasteiger partial charge in [0.1, 0.15) is 12.5 Å². The van der Waals surface area contributed by atoms with Crippen molar-refractivity contribution < 1.29 is 17.5 Å². The molecular formula is C19H17FN2O4S. The van der Waals surface area contributed by atoms with Crippen molar-refractivity contribution in [2.45, 2.75) is 11.6 Å². The number of ether oxygens (including phenoxy) is 1. The van der Waals surface area contributed by atoms with Gasteiger partial charge in [-0.3, -0.25) is 4.79 Å². The number of aromatic nitrogens is 2. The van der Waals surface area contributed by atoms with Gasteiger partial charge in [-0.15, -0.1) is 0 Å². The Bertz CT molecular complexity index is 1120. The van der Waals surface area contributed by atoms with Crippen LogP contribution in [-0.2, 0) is 21.3 Å². The van der Waals surface area contributed by atoms with Gasteiger partial charge in [-0.25, -0.2) is 17.5 Å². The van der Waals surface area contributed by atoms with Crippen LogP contribution in [0.4, 0.5) is 4.39 Å². The van der Waals surface area contributed by atoms with Crippen LogP contribution in [0, 0.1) is 5.82 Å². The molecule has 0 aliphatic carbocycles. The van der Waals surface area contributed by atoms with Crippen molar-refractivity contribution >= 4 is 9.84 Å². The second-order valence-electron chi connectivity index (χ2n) is 5.95. The molecule has 0 unspecified atom stereocenters. The smallest absolute Gasteiger partial charge is 0.208 e. The Labute approximate surface area is 155 Å². The maximum Gasteiger partial charge on any atom is 0.208 e. The minimum absolute atomic E-state index is 0.0847. The van der Waals surface area contributed by atoms with E-state index in [4.69, 9.17) is 4.74 Å². The fourth-order valence-corrected chi connectivity index (χ4v) is 3.39. The molecule has 2 aromatic carbocycles. The summed E-state index contributed by atoms with van der Waals surface area (Å²) in [6.45, 7) is 0.0847. The quantitative estimate of drug-likeness (QED) is 0.672. The van der Waals surface area contributed by atoms with E-state index in [1.165, 1.54) is 42.3 Å². The molecule has 0 bridgehead atoms. The van der Waals surface area contributed by atoms with E-state index in [0.717, 1.165) is 6.26 Å². The molecule has 27 heavy (non-hydrogen) atoms. The number of rotatable bonds is 5. The lowest BCUT2D eigenvalue weighted by molar-refractivity contribution is 0.121. The molecule has 1 aromatic heterocycles. The SMILES string of the molecule is COCn1ncc(=O)c(-c2ccc(S(C)(=O)=O)cc2)c1-c1ccc(F)cc1. The summed E-state index contributed by atoms with van der Waals surface area (Å²) in [5.41, 5.74) is 1.55. The number of benzene rings is 2. The average molecular weight is 388 g/mol. The van der Waals surface area contributed by atoms with Crippen molar-refractivity contribution in [3.8, 4) is 22.4 Å². The second-order valence-corrected chi connectivity index (χ2v) is 7.97. The highest BCUT2D eigenvalue weighted by atomic mass is 32.2. The summed E-state index contributed by atoms with van der Waals surface area (Å²) >= 11 is 0. The average Bonchev–Trinajstić information content (AvgIpc) is 2.63. The molecule has 3 aromatic rings. The molecular weight excluding hydrogens is 371 g/mol. The highest BCUT2D eigenvalue weighted by Gasteiger charge is 2.17. The molecule has 1 heterocycles. The van der Waals surface area contributed by atoms with Gasteiger partial charge >= 0.3 is 0 Å². The summed E-state index contributed by atoms with van der Waals surface area (Å²) in [7, 11) is -1.86. The summed E-state index contributed by atoms with van der Waals surface area (Å²) in [6.07, 6.45) is 2.29. The zero-order valence-electron chi connectivity index (χ0n) is 14.7. The molecule has 0 atom stereocenters. The predicted octanol–water partition coefficient (Wildman–Crippen LogP) is 2.72. The van der Waals surface area contributed by atoms with Gasteiger partial charge in [0.05, 0.1) is 22.3 Å². The Morgan fingerprint density at radius 2 is 1.63 bits per heavy atom. The van der Waals surface area contributed by atoms with Gasteiger partial charge in [-0.1, -0.05) is 12.1 Å². The minimum Gasteiger partial charge on any atom is -0.362 e. The molecule has 0 fully saturated rings. The fraction of sp³-hybridized carbons (Fsp3) is 0.158. The van der Waals surface area contributed by atoms with Crippen LogP contribution in [-0.4, -0.2) is 31.6 Å². The normalized spacial score (nSPS) is 11.5. The van der Waals surface area contributed by atoms with Crippen LogP contribution in [0.2, 0.25) is 0 Å². The lowest BCUT2D eigenvalue weighted by Crippen LogP contribution is -2.17. The van der Waals surface area contributed by atoms with Crippen LogP contribution < -0.4 is 5.43 Å². The Morgan fingerprint density at radius 1 is 1.04 bits per heavy atom. The molecule has 0 radical (unpaired) electrons. The van der Waals surface area contributed by atoms with E-state index in [1.807, 2.05) is 0 Å². The van der Waals surface area contributed by atoms with E-state index >= 15 is 0 Å². The van der Waals surface area contributed by atoms with Crippen LogP contribution in [0.3, 0.4) is 0 Å². The largest absolute Gasteiger partial charge is 0.362 e. The van der Waals surface area contributed by atoms with Gasteiger partial charge < -0.3 is 4.74 Å². The van der Waals surface area contributed by atoms with E-state index < -0.39 is 15.7 Å². The number of methoxy groups -OCH3 is 1. The molecule has 140 valence electrons. The molecule has 6 nitrogen and oxygen atoms in total. The second kappa shape index (κ2) is 7.42. The van der Waals surface area contributed by atoms with Crippen LogP contribution in [0.1, 0.15) is 0 Å². The third kappa shape index (κ3) is 3.96. The van der Waals surface area contributed by atoms with Crippen molar-refractivity contribution in [2.75, 3.05) is 13.4 Å². The first-order valence-electron chi connectivity index (χ1n) is 7.97. The molecule has 0 saturated heterocycles. The first kappa shape index (κ1) is 18.9. The third-order valence-electron chi connectivity index (χ3n) is 4.00. The first-order valence-corrected chi connectivity index (χ1v) is 9.86. The molecule has 0 spiro atoms. The predicted molar refractivity (Wildman–Crippen MR) is 99.4 cm³/mol. The molecule has 3 rings (SSSR count). The van der Waals surface area contributed by atoms with E-state index in [2.05, 4.69) is 5.10 Å². The van der Waals surface area contributed by atoms with Crippen LogP contribution in [0.5, 0.6) is 0 Å². The molecule has 0 aliphatic heterocycles. The Balaban J connectivity index is 2.27. The summed E-state index contributed by atoms with van der Waals surface area (Å²) in [4.78, 5) is 12.8. The third-order valence-corrected chi connectivity index (χ3v) is 5.12. The highest BCUT2D eigenvalue weighted by molar-refractivity contribution is 7.90. The van der Waals surface area contributed by atoms with Gasteiger partial charge in [-0.05, 0) is 42.0 Å². The Morgan fingerprint density at radius 3 is 2.19 bits per heavy atom. The highest BCUT2D eigenvalue weighted by Crippen LogP contribution is 2.29. The van der Waals surface area contributed by atoms with Gasteiger partial charge in [0.2, 0.25) is 5.43 Å². The molecule has 8 heteroatoms. The van der Waals surface area contributed by atoms with E-state index in [9.17, 15) is 17.6 Å². The monoisotopic (exact) mass is 388 g/mol. The molecule has 0 saturated carbocycles. The summed E-state index contributed by atoms with van der Waals surface area (Å²) in [5, 5.41) is 4.10. The van der Waals surface area contributed by atoms with Gasteiger partial charge in [-0.2, -0.15) is 5.10 Å². The Kier molecular flexibility index (Phi) is 5.20. The van der Waals surface area contributed by atoms with Crippen molar-refractivity contribution in [2.24, 2.45) is 0 Å². The minimum atomic E-state index is -3.35. The molecule has 0 aliphatic rings. The van der Waals surface area contributed by atoms with Crippen LogP contribution in [0.25, 0.3) is 22.4 Å². The van der Waals surface area contributed by atoms with Gasteiger partial charge in [0, 0.05) is 18.9 Å². The van der Waals surface area contributed by atoms with Crippen molar-refractivity contribution in [1.29, 1.82) is 0 Å². The zero-order chi connectivity index (χ0) is 19.6. The summed E-state index contributed by atoms with van der Waals surface area (Å²) < 4.78 is 43.4. The first-order chi connectivity index (χ1) is 12.8. The van der Waals surface area contributed by atoms with Crippen molar-refractivity contribution in [3.05, 3.63) is 70.8 Å². The van der Waals surface area contributed by atoms with E-state index in [0.29, 0.717) is 22.4 Å². The summed E-state index contributed by atoms with van der Waals surface area (Å²) in [5.74, 6) is -0.401. The van der Waals surface area contributed by atoms with Crippen molar-refractivity contribution in [3.63, 3.8) is 0 Å². The lowest BCUT2D eigenvalue weighted by atomic mass is 9.99. The topological polar surface area (TPSA) is 78.3 Å².